The second kappa shape index (κ2) is 2.74. The Kier molecular flexibility index (Phi) is 1.96. The standard InChI is InChI=1S/C10H15ClO/c1-7(6-11)8-3-4-10(2)9(5-8)12-10/h8-9H,1,3-6H2,2H3/t8-,9?,10?/m0/s1. The van der Waals surface area contributed by atoms with Gasteiger partial charge >= 0.3 is 0 Å². The second-order valence-corrected chi connectivity index (χ2v) is 4.45. The van der Waals surface area contributed by atoms with Crippen molar-refractivity contribution in [3.63, 3.8) is 0 Å². The molecule has 0 N–H and O–H groups in total. The number of alkyl halides is 1. The van der Waals surface area contributed by atoms with Crippen LogP contribution in [0, 0.1) is 5.92 Å². The molecule has 68 valence electrons. The predicted octanol–water partition coefficient (Wildman–Crippen LogP) is 2.74. The molecule has 2 unspecified atom stereocenters. The third kappa shape index (κ3) is 1.29. The molecule has 1 aliphatic heterocycles. The van der Waals surface area contributed by atoms with Crippen molar-refractivity contribution < 1.29 is 4.74 Å². The van der Waals surface area contributed by atoms with Gasteiger partial charge in [0.25, 0.3) is 0 Å². The van der Waals surface area contributed by atoms with Crippen LogP contribution >= 0.6 is 11.6 Å². The lowest BCUT2D eigenvalue weighted by Crippen LogP contribution is -2.22. The quantitative estimate of drug-likeness (QED) is 0.367. The van der Waals surface area contributed by atoms with Gasteiger partial charge in [0.1, 0.15) is 0 Å². The second-order valence-electron chi connectivity index (χ2n) is 4.18. The fourth-order valence-corrected chi connectivity index (χ4v) is 2.34. The van der Waals surface area contributed by atoms with E-state index in [2.05, 4.69) is 13.5 Å². The first kappa shape index (κ1) is 8.58. The number of allylic oxidation sites excluding steroid dienone is 1. The van der Waals surface area contributed by atoms with Gasteiger partial charge < -0.3 is 4.74 Å². The first-order valence-corrected chi connectivity index (χ1v) is 5.10. The highest BCUT2D eigenvalue weighted by Gasteiger charge is 2.55. The molecule has 3 atom stereocenters. The Labute approximate surface area is 78.7 Å². The smallest absolute Gasteiger partial charge is 0.0920 e. The summed E-state index contributed by atoms with van der Waals surface area (Å²) in [6.07, 6.45) is 4.02. The molecule has 12 heavy (non-hydrogen) atoms. The average Bonchev–Trinajstić information content (AvgIpc) is 2.73. The van der Waals surface area contributed by atoms with Gasteiger partial charge in [-0.05, 0) is 32.1 Å². The largest absolute Gasteiger partial charge is 0.366 e. The van der Waals surface area contributed by atoms with Crippen molar-refractivity contribution in [2.24, 2.45) is 5.92 Å². The van der Waals surface area contributed by atoms with Gasteiger partial charge in [0.2, 0.25) is 0 Å². The zero-order valence-corrected chi connectivity index (χ0v) is 8.23. The zero-order valence-electron chi connectivity index (χ0n) is 7.48. The molecule has 1 heterocycles. The minimum Gasteiger partial charge on any atom is -0.366 e. The summed E-state index contributed by atoms with van der Waals surface area (Å²) >= 11 is 5.74. The highest BCUT2D eigenvalue weighted by Crippen LogP contribution is 2.50. The maximum atomic E-state index is 5.74. The molecule has 0 radical (unpaired) electrons. The van der Waals surface area contributed by atoms with Gasteiger partial charge in [0, 0.05) is 5.88 Å². The van der Waals surface area contributed by atoms with E-state index in [0.717, 1.165) is 6.42 Å². The van der Waals surface area contributed by atoms with E-state index in [1.807, 2.05) is 0 Å². The van der Waals surface area contributed by atoms with Crippen LogP contribution in [0.2, 0.25) is 0 Å². The molecular formula is C10H15ClO. The van der Waals surface area contributed by atoms with Crippen molar-refractivity contribution in [1.82, 2.24) is 0 Å². The maximum absolute atomic E-state index is 5.74. The Morgan fingerprint density at radius 3 is 3.08 bits per heavy atom. The molecule has 2 fully saturated rings. The third-order valence-corrected chi connectivity index (χ3v) is 3.62. The monoisotopic (exact) mass is 186 g/mol. The van der Waals surface area contributed by atoms with Crippen LogP contribution < -0.4 is 0 Å². The van der Waals surface area contributed by atoms with E-state index in [4.69, 9.17) is 16.3 Å². The van der Waals surface area contributed by atoms with E-state index in [-0.39, 0.29) is 5.60 Å². The van der Waals surface area contributed by atoms with Gasteiger partial charge in [-0.15, -0.1) is 11.6 Å². The Balaban J connectivity index is 1.93. The number of epoxide rings is 1. The third-order valence-electron chi connectivity index (χ3n) is 3.27. The van der Waals surface area contributed by atoms with Crippen molar-refractivity contribution in [3.05, 3.63) is 12.2 Å². The van der Waals surface area contributed by atoms with Crippen molar-refractivity contribution >= 4 is 11.6 Å². The lowest BCUT2D eigenvalue weighted by atomic mass is 9.80. The highest BCUT2D eigenvalue weighted by molar-refractivity contribution is 6.19. The zero-order chi connectivity index (χ0) is 8.77. The molecule has 0 aromatic heterocycles. The van der Waals surface area contributed by atoms with Gasteiger partial charge in [-0.25, -0.2) is 0 Å². The molecule has 0 aromatic rings. The van der Waals surface area contributed by atoms with Crippen molar-refractivity contribution in [2.45, 2.75) is 37.9 Å². The molecule has 1 saturated heterocycles. The van der Waals surface area contributed by atoms with E-state index in [1.54, 1.807) is 0 Å². The summed E-state index contributed by atoms with van der Waals surface area (Å²) in [4.78, 5) is 0. The van der Waals surface area contributed by atoms with Crippen molar-refractivity contribution in [1.29, 1.82) is 0 Å². The molecule has 0 amide bonds. The minimum absolute atomic E-state index is 0.225. The Morgan fingerprint density at radius 2 is 2.50 bits per heavy atom. The first-order valence-electron chi connectivity index (χ1n) is 4.57. The lowest BCUT2D eigenvalue weighted by Gasteiger charge is -2.23. The van der Waals surface area contributed by atoms with Crippen LogP contribution in [0.4, 0.5) is 0 Å². The normalized spacial score (nSPS) is 45.2. The van der Waals surface area contributed by atoms with Crippen LogP contribution in [-0.4, -0.2) is 17.6 Å². The van der Waals surface area contributed by atoms with Gasteiger partial charge in [0.05, 0.1) is 11.7 Å². The van der Waals surface area contributed by atoms with E-state index >= 15 is 0 Å². The molecule has 2 heteroatoms. The average molecular weight is 187 g/mol. The van der Waals surface area contributed by atoms with Gasteiger partial charge in [-0.1, -0.05) is 12.2 Å². The summed E-state index contributed by atoms with van der Waals surface area (Å²) in [5.41, 5.74) is 1.41. The summed E-state index contributed by atoms with van der Waals surface area (Å²) < 4.78 is 5.61. The van der Waals surface area contributed by atoms with Gasteiger partial charge in [-0.2, -0.15) is 0 Å². The fraction of sp³-hybridized carbons (Fsp3) is 0.800. The van der Waals surface area contributed by atoms with Crippen LogP contribution in [-0.2, 0) is 4.74 Å². The molecule has 2 aliphatic rings. The lowest BCUT2D eigenvalue weighted by molar-refractivity contribution is 0.303. The van der Waals surface area contributed by atoms with Crippen LogP contribution in [0.1, 0.15) is 26.2 Å². The molecular weight excluding hydrogens is 172 g/mol. The Bertz CT molecular complexity index is 214. The van der Waals surface area contributed by atoms with E-state index < -0.39 is 0 Å². The highest BCUT2D eigenvalue weighted by atomic mass is 35.5. The summed E-state index contributed by atoms with van der Waals surface area (Å²) in [7, 11) is 0. The predicted molar refractivity (Wildman–Crippen MR) is 50.5 cm³/mol. The minimum atomic E-state index is 0.225. The molecule has 0 aromatic carbocycles. The number of rotatable bonds is 2. The van der Waals surface area contributed by atoms with Crippen molar-refractivity contribution in [3.8, 4) is 0 Å². The maximum Gasteiger partial charge on any atom is 0.0920 e. The first-order chi connectivity index (χ1) is 5.65. The molecule has 2 rings (SSSR count). The van der Waals surface area contributed by atoms with E-state index in [9.17, 15) is 0 Å². The van der Waals surface area contributed by atoms with Crippen LogP contribution in [0.3, 0.4) is 0 Å². The van der Waals surface area contributed by atoms with E-state index in [0.29, 0.717) is 17.9 Å². The fourth-order valence-electron chi connectivity index (χ4n) is 2.13. The molecule has 0 spiro atoms. The summed E-state index contributed by atoms with van der Waals surface area (Å²) in [5.74, 6) is 1.22. The SMILES string of the molecule is C=C(CCl)[C@H]1CCC2(C)OC2C1. The van der Waals surface area contributed by atoms with Crippen LogP contribution in [0.25, 0.3) is 0 Å². The molecule has 1 aliphatic carbocycles. The number of hydrogen-bond acceptors (Lipinski definition) is 1. The molecule has 0 bridgehead atoms. The van der Waals surface area contributed by atoms with Crippen LogP contribution in [0.5, 0.6) is 0 Å². The Morgan fingerprint density at radius 1 is 1.75 bits per heavy atom. The number of hydrogen-bond donors (Lipinski definition) is 0. The van der Waals surface area contributed by atoms with Crippen LogP contribution in [0.15, 0.2) is 12.2 Å². The molecule has 1 saturated carbocycles. The van der Waals surface area contributed by atoms with Gasteiger partial charge in [-0.3, -0.25) is 0 Å². The van der Waals surface area contributed by atoms with Crippen molar-refractivity contribution in [2.75, 3.05) is 5.88 Å². The number of halogens is 1. The summed E-state index contributed by atoms with van der Waals surface area (Å²) in [6, 6.07) is 0. The Hall–Kier alpha value is -0.0100. The topological polar surface area (TPSA) is 12.5 Å². The summed E-state index contributed by atoms with van der Waals surface area (Å²) in [5, 5.41) is 0. The number of fused-ring (bicyclic) bond motifs is 1. The summed E-state index contributed by atoms with van der Waals surface area (Å²) in [6.45, 7) is 6.19. The molecule has 1 nitrogen and oxygen atoms in total. The van der Waals surface area contributed by atoms with Gasteiger partial charge in [0.15, 0.2) is 0 Å². The van der Waals surface area contributed by atoms with E-state index in [1.165, 1.54) is 18.4 Å². The number of ether oxygens (including phenoxy) is 1.